The van der Waals surface area contributed by atoms with Crippen LogP contribution in [0.5, 0.6) is 5.75 Å². The Hall–Kier alpha value is -4.82. The molecule has 3 aromatic carbocycles. The number of aromatic nitrogens is 2. The van der Waals surface area contributed by atoms with Gasteiger partial charge >= 0.3 is 0 Å². The third kappa shape index (κ3) is 9.11. The summed E-state index contributed by atoms with van der Waals surface area (Å²) in [6, 6.07) is 31.8. The van der Waals surface area contributed by atoms with E-state index in [0.29, 0.717) is 17.8 Å². The molecule has 0 amide bonds. The van der Waals surface area contributed by atoms with Crippen molar-refractivity contribution in [3.8, 4) is 34.2 Å². The molecule has 0 saturated carbocycles. The van der Waals surface area contributed by atoms with Crippen LogP contribution in [0.4, 0.5) is 5.69 Å². The van der Waals surface area contributed by atoms with Crippen molar-refractivity contribution in [1.29, 1.82) is 5.26 Å². The number of carbonyl (C=O) groups excluding carboxylic acids is 1. The summed E-state index contributed by atoms with van der Waals surface area (Å²) in [5, 5.41) is 11.1. The quantitative estimate of drug-likeness (QED) is 0.149. The van der Waals surface area contributed by atoms with E-state index < -0.39 is 0 Å². The summed E-state index contributed by atoms with van der Waals surface area (Å²) in [5.41, 5.74) is 6.54. The first kappa shape index (κ1) is 36.0. The lowest BCUT2D eigenvalue weighted by Gasteiger charge is -2.29. The van der Waals surface area contributed by atoms with Gasteiger partial charge in [0.25, 0.3) is 6.47 Å². The molecular weight excluding hydrogens is 659 g/mol. The van der Waals surface area contributed by atoms with Gasteiger partial charge in [-0.05, 0) is 118 Å². The van der Waals surface area contributed by atoms with Crippen molar-refractivity contribution in [3.05, 3.63) is 96.7 Å². The Balaban J connectivity index is 0.000000582. The van der Waals surface area contributed by atoms with E-state index in [4.69, 9.17) is 14.5 Å². The van der Waals surface area contributed by atoms with Crippen LogP contribution in [0.2, 0.25) is 0 Å². The fraction of sp³-hybridized carbons (Fsp3) is 0.341. The number of pyridine rings is 1. The minimum absolute atomic E-state index is 0.137. The zero-order valence-corrected chi connectivity index (χ0v) is 30.6. The second kappa shape index (κ2) is 16.5. The number of hydrogen-bond donors (Lipinski definition) is 0. The minimum atomic E-state index is -0.318. The molecule has 0 bridgehead atoms. The van der Waals surface area contributed by atoms with Crippen molar-refractivity contribution < 1.29 is 19.0 Å². The molecule has 9 nitrogen and oxygen atoms in total. The van der Waals surface area contributed by atoms with Crippen LogP contribution < -0.4 is 9.64 Å². The molecule has 2 saturated heterocycles. The third-order valence-corrected chi connectivity index (χ3v) is 9.95. The molecule has 51 heavy (non-hydrogen) atoms. The predicted molar refractivity (Wildman–Crippen MR) is 204 cm³/mol. The summed E-state index contributed by atoms with van der Waals surface area (Å²) < 4.78 is 18.6. The first-order chi connectivity index (χ1) is 24.7. The topological polar surface area (TPSA) is 92.8 Å². The molecule has 7 rings (SSSR count). The van der Waals surface area contributed by atoms with Crippen LogP contribution in [-0.4, -0.2) is 78.5 Å². The lowest BCUT2D eigenvalue weighted by atomic mass is 10.0. The Morgan fingerprint density at radius 2 is 1.63 bits per heavy atom. The molecule has 0 atom stereocenters. The number of morpholine rings is 1. The molecule has 0 aliphatic carbocycles. The Bertz CT molecular complexity index is 1950. The van der Waals surface area contributed by atoms with E-state index in [1.807, 2.05) is 51.2 Å². The lowest BCUT2D eigenvalue weighted by molar-refractivity contribution is -0.138. The molecule has 2 aliphatic heterocycles. The van der Waals surface area contributed by atoms with Gasteiger partial charge in [0, 0.05) is 48.3 Å². The highest BCUT2D eigenvalue weighted by molar-refractivity contribution is 7.98. The highest BCUT2D eigenvalue weighted by Gasteiger charge is 2.21. The molecule has 10 heteroatoms. The van der Waals surface area contributed by atoms with Crippen molar-refractivity contribution in [2.45, 2.75) is 50.2 Å². The van der Waals surface area contributed by atoms with Crippen molar-refractivity contribution in [1.82, 2.24) is 13.9 Å². The van der Waals surface area contributed by atoms with Crippen molar-refractivity contribution >= 4 is 35.1 Å². The van der Waals surface area contributed by atoms with Crippen molar-refractivity contribution in [2.75, 3.05) is 51.3 Å². The first-order valence-corrected chi connectivity index (χ1v) is 18.2. The zero-order chi connectivity index (χ0) is 35.8. The number of piperidine rings is 1. The molecule has 0 N–H and O–H groups in total. The van der Waals surface area contributed by atoms with Gasteiger partial charge in [0.2, 0.25) is 0 Å². The summed E-state index contributed by atoms with van der Waals surface area (Å²) in [6.07, 6.45) is 3.94. The average molecular weight is 704 g/mol. The Labute approximate surface area is 304 Å². The van der Waals surface area contributed by atoms with E-state index in [0.717, 1.165) is 90.5 Å². The maximum Gasteiger partial charge on any atom is 0.293 e. The largest absolute Gasteiger partial charge is 0.489 e. The molecule has 2 fully saturated rings. The fourth-order valence-corrected chi connectivity index (χ4v) is 7.16. The summed E-state index contributed by atoms with van der Waals surface area (Å²) in [5.74, 6) is 0.661. The molecule has 5 aromatic rings. The Morgan fingerprint density at radius 3 is 2.27 bits per heavy atom. The van der Waals surface area contributed by atoms with Crippen LogP contribution in [0.25, 0.3) is 33.4 Å². The van der Waals surface area contributed by atoms with Gasteiger partial charge in [0.15, 0.2) is 5.65 Å². The molecule has 2 aliphatic rings. The van der Waals surface area contributed by atoms with E-state index in [1.165, 1.54) is 5.69 Å². The zero-order valence-electron chi connectivity index (χ0n) is 29.7. The number of carbonyl (C=O) groups is 1. The van der Waals surface area contributed by atoms with Crippen LogP contribution >= 0.6 is 11.9 Å². The SMILES string of the molecule is CC(C)(C)OC=O.CN1CCC(Oc2ccc(-c3ccnc4c3cc(-c3ccc(N5CCOCC5)cc3)n4Sc3ccccc3)cc2C#N)CC1. The van der Waals surface area contributed by atoms with Gasteiger partial charge in [0.05, 0.1) is 24.5 Å². The van der Waals surface area contributed by atoms with Gasteiger partial charge < -0.3 is 24.0 Å². The number of rotatable bonds is 8. The van der Waals surface area contributed by atoms with Crippen LogP contribution in [0.15, 0.2) is 96.0 Å². The predicted octanol–water partition coefficient (Wildman–Crippen LogP) is 8.06. The number of likely N-dealkylation sites (tertiary alicyclic amines) is 1. The normalized spacial score (nSPS) is 15.5. The number of hydrogen-bond acceptors (Lipinski definition) is 9. The highest BCUT2D eigenvalue weighted by Crippen LogP contribution is 2.39. The standard InChI is InChI=1S/C36H35N5O2S.C5H10O2/c1-39-17-14-30(15-18-39)43-35-12-9-27(23-28(35)25-37)32-13-16-38-36-33(32)24-34(41(36)44-31-5-3-2-4-6-31)26-7-10-29(11-8-26)40-19-21-42-22-20-40;1-5(2,3)7-4-6/h2-13,16,23-24,30H,14-15,17-22H2,1H3;4H,1-3H3. The van der Waals surface area contributed by atoms with Crippen molar-refractivity contribution in [3.63, 3.8) is 0 Å². The van der Waals surface area contributed by atoms with E-state index in [-0.39, 0.29) is 11.7 Å². The molecular formula is C41H45N5O4S. The Morgan fingerprint density at radius 1 is 0.922 bits per heavy atom. The van der Waals surface area contributed by atoms with Crippen LogP contribution in [0.3, 0.4) is 0 Å². The summed E-state index contributed by atoms with van der Waals surface area (Å²) in [6.45, 7) is 11.3. The first-order valence-electron chi connectivity index (χ1n) is 17.4. The summed E-state index contributed by atoms with van der Waals surface area (Å²) >= 11 is 1.66. The average Bonchev–Trinajstić information content (AvgIpc) is 3.51. The van der Waals surface area contributed by atoms with Gasteiger partial charge in [-0.25, -0.2) is 4.98 Å². The molecule has 264 valence electrons. The van der Waals surface area contributed by atoms with E-state index >= 15 is 0 Å². The molecule has 4 heterocycles. The van der Waals surface area contributed by atoms with E-state index in [2.05, 4.69) is 92.3 Å². The number of benzene rings is 3. The summed E-state index contributed by atoms with van der Waals surface area (Å²) in [4.78, 5) is 20.3. The highest BCUT2D eigenvalue weighted by atomic mass is 32.2. The van der Waals surface area contributed by atoms with E-state index in [9.17, 15) is 10.1 Å². The second-order valence-electron chi connectivity index (χ2n) is 13.7. The maximum atomic E-state index is 10.1. The number of nitrogens with zero attached hydrogens (tertiary/aromatic N) is 5. The van der Waals surface area contributed by atoms with Gasteiger partial charge in [0.1, 0.15) is 23.5 Å². The molecule has 0 radical (unpaired) electrons. The van der Waals surface area contributed by atoms with Crippen LogP contribution in [-0.2, 0) is 14.3 Å². The number of nitriles is 1. The van der Waals surface area contributed by atoms with Gasteiger partial charge in [-0.3, -0.25) is 8.77 Å². The number of ether oxygens (including phenoxy) is 3. The molecule has 2 aromatic heterocycles. The second-order valence-corrected chi connectivity index (χ2v) is 14.8. The number of anilines is 1. The fourth-order valence-electron chi connectivity index (χ4n) is 6.19. The van der Waals surface area contributed by atoms with Gasteiger partial charge in [-0.1, -0.05) is 36.4 Å². The smallest absolute Gasteiger partial charge is 0.293 e. The number of fused-ring (bicyclic) bond motifs is 1. The third-order valence-electron chi connectivity index (χ3n) is 8.91. The van der Waals surface area contributed by atoms with Crippen LogP contribution in [0, 0.1) is 11.3 Å². The van der Waals surface area contributed by atoms with Crippen LogP contribution in [0.1, 0.15) is 39.2 Å². The van der Waals surface area contributed by atoms with Gasteiger partial charge in [-0.15, -0.1) is 0 Å². The molecule has 0 unspecified atom stereocenters. The van der Waals surface area contributed by atoms with Gasteiger partial charge in [-0.2, -0.15) is 5.26 Å². The maximum absolute atomic E-state index is 10.1. The van der Waals surface area contributed by atoms with E-state index in [1.54, 1.807) is 11.9 Å². The van der Waals surface area contributed by atoms with Crippen molar-refractivity contribution in [2.24, 2.45) is 0 Å². The lowest BCUT2D eigenvalue weighted by Crippen LogP contribution is -2.36. The Kier molecular flexibility index (Phi) is 11.6. The summed E-state index contributed by atoms with van der Waals surface area (Å²) in [7, 11) is 2.14. The minimum Gasteiger partial charge on any atom is -0.489 e. The monoisotopic (exact) mass is 703 g/mol. The molecule has 0 spiro atoms.